The van der Waals surface area contributed by atoms with Gasteiger partial charge in [0.1, 0.15) is 11.4 Å². The van der Waals surface area contributed by atoms with Crippen LogP contribution in [0.1, 0.15) is 38.7 Å². The molecule has 2 N–H and O–H groups in total. The Morgan fingerprint density at radius 3 is 2.59 bits per heavy atom. The summed E-state index contributed by atoms with van der Waals surface area (Å²) in [5.41, 5.74) is 6.95. The number of ether oxygens (including phenoxy) is 2. The summed E-state index contributed by atoms with van der Waals surface area (Å²) >= 11 is 0. The molecular weight excluding hydrogens is 280 g/mol. The molecule has 0 saturated carbocycles. The Morgan fingerprint density at radius 1 is 1.32 bits per heavy atom. The van der Waals surface area contributed by atoms with E-state index >= 15 is 0 Å². The largest absolute Gasteiger partial charge is 0.496 e. The Balaban J connectivity index is 2.05. The molecular formula is C17H26N2O3. The van der Waals surface area contributed by atoms with Gasteiger partial charge in [-0.25, -0.2) is 4.79 Å². The van der Waals surface area contributed by atoms with Crippen molar-refractivity contribution in [1.82, 2.24) is 4.90 Å². The van der Waals surface area contributed by atoms with Crippen molar-refractivity contribution in [3.8, 4) is 5.75 Å². The van der Waals surface area contributed by atoms with E-state index in [4.69, 9.17) is 15.2 Å². The molecule has 1 aliphatic heterocycles. The second-order valence-corrected chi connectivity index (χ2v) is 6.73. The number of methoxy groups -OCH3 is 1. The van der Waals surface area contributed by atoms with Crippen LogP contribution in [0.5, 0.6) is 5.75 Å². The maximum Gasteiger partial charge on any atom is 0.410 e. The predicted molar refractivity (Wildman–Crippen MR) is 86.1 cm³/mol. The van der Waals surface area contributed by atoms with Gasteiger partial charge < -0.3 is 20.1 Å². The number of amides is 1. The molecule has 1 aliphatic rings. The lowest BCUT2D eigenvalue weighted by Gasteiger charge is -2.37. The molecule has 2 rings (SSSR count). The highest BCUT2D eigenvalue weighted by atomic mass is 16.6. The zero-order valence-corrected chi connectivity index (χ0v) is 13.8. The molecule has 2 atom stereocenters. The van der Waals surface area contributed by atoms with Crippen molar-refractivity contribution in [2.75, 3.05) is 20.2 Å². The highest BCUT2D eigenvalue weighted by Crippen LogP contribution is 2.33. The molecule has 0 aromatic heterocycles. The maximum atomic E-state index is 12.1. The Kier molecular flexibility index (Phi) is 4.96. The second-order valence-electron chi connectivity index (χ2n) is 6.73. The standard InChI is InChI=1S/C17H26N2O3/c1-17(2,3)22-16(20)19-10-9-12(14(18)11-19)13-7-5-6-8-15(13)21-4/h5-8,12,14H,9-11,18H2,1-4H3/t12-,14+/m1/s1. The van der Waals surface area contributed by atoms with E-state index in [1.807, 2.05) is 45.0 Å². The van der Waals surface area contributed by atoms with Crippen molar-refractivity contribution in [3.05, 3.63) is 29.8 Å². The van der Waals surface area contributed by atoms with E-state index in [1.165, 1.54) is 0 Å². The Morgan fingerprint density at radius 2 is 2.00 bits per heavy atom. The smallest absolute Gasteiger partial charge is 0.410 e. The Labute approximate surface area is 132 Å². The zero-order valence-electron chi connectivity index (χ0n) is 13.8. The van der Waals surface area contributed by atoms with Crippen LogP contribution >= 0.6 is 0 Å². The molecule has 1 saturated heterocycles. The molecule has 5 heteroatoms. The van der Waals surface area contributed by atoms with Crippen LogP contribution in [0, 0.1) is 0 Å². The number of likely N-dealkylation sites (tertiary alicyclic amines) is 1. The summed E-state index contributed by atoms with van der Waals surface area (Å²) in [5.74, 6) is 1.04. The van der Waals surface area contributed by atoms with Crippen molar-refractivity contribution in [2.45, 2.75) is 44.8 Å². The fourth-order valence-electron chi connectivity index (χ4n) is 2.83. The lowest BCUT2D eigenvalue weighted by atomic mass is 9.85. The van der Waals surface area contributed by atoms with E-state index in [9.17, 15) is 4.79 Å². The number of hydrogen-bond acceptors (Lipinski definition) is 4. The van der Waals surface area contributed by atoms with E-state index in [0.717, 1.165) is 17.7 Å². The molecule has 22 heavy (non-hydrogen) atoms. The highest BCUT2D eigenvalue weighted by Gasteiger charge is 2.33. The van der Waals surface area contributed by atoms with E-state index in [-0.39, 0.29) is 18.1 Å². The minimum atomic E-state index is -0.485. The first-order chi connectivity index (χ1) is 10.3. The average molecular weight is 306 g/mol. The highest BCUT2D eigenvalue weighted by molar-refractivity contribution is 5.68. The number of rotatable bonds is 2. The van der Waals surface area contributed by atoms with E-state index in [0.29, 0.717) is 13.1 Å². The first-order valence-electron chi connectivity index (χ1n) is 7.68. The third kappa shape index (κ3) is 3.91. The first kappa shape index (κ1) is 16.6. The van der Waals surface area contributed by atoms with Crippen LogP contribution in [0.2, 0.25) is 0 Å². The van der Waals surface area contributed by atoms with Crippen molar-refractivity contribution in [2.24, 2.45) is 5.73 Å². The molecule has 0 spiro atoms. The van der Waals surface area contributed by atoms with Crippen molar-refractivity contribution < 1.29 is 14.3 Å². The van der Waals surface area contributed by atoms with Gasteiger partial charge in [-0.2, -0.15) is 0 Å². The SMILES string of the molecule is COc1ccccc1[C@H]1CCN(C(=O)OC(C)(C)C)C[C@@H]1N. The molecule has 0 aliphatic carbocycles. The van der Waals surface area contributed by atoms with Crippen LogP contribution in [-0.4, -0.2) is 42.8 Å². The Hall–Kier alpha value is -1.75. The number of carbonyl (C=O) groups is 1. The molecule has 5 nitrogen and oxygen atoms in total. The van der Waals surface area contributed by atoms with E-state index in [1.54, 1.807) is 12.0 Å². The molecule has 0 unspecified atom stereocenters. The van der Waals surface area contributed by atoms with Crippen molar-refractivity contribution >= 4 is 6.09 Å². The fraction of sp³-hybridized carbons (Fsp3) is 0.588. The van der Waals surface area contributed by atoms with Crippen LogP contribution in [0.25, 0.3) is 0 Å². The topological polar surface area (TPSA) is 64.8 Å². The lowest BCUT2D eigenvalue weighted by Crippen LogP contribution is -2.50. The normalized spacial score (nSPS) is 22.3. The minimum absolute atomic E-state index is 0.127. The van der Waals surface area contributed by atoms with Crippen LogP contribution in [0.3, 0.4) is 0 Å². The summed E-state index contributed by atoms with van der Waals surface area (Å²) in [6, 6.07) is 7.81. The second kappa shape index (κ2) is 6.57. The molecule has 0 bridgehead atoms. The fourth-order valence-corrected chi connectivity index (χ4v) is 2.83. The van der Waals surface area contributed by atoms with Gasteiger partial charge >= 0.3 is 6.09 Å². The number of nitrogens with zero attached hydrogens (tertiary/aromatic N) is 1. The zero-order chi connectivity index (χ0) is 16.3. The summed E-state index contributed by atoms with van der Waals surface area (Å²) in [5, 5.41) is 0. The molecule has 1 fully saturated rings. The van der Waals surface area contributed by atoms with Crippen molar-refractivity contribution in [3.63, 3.8) is 0 Å². The molecule has 1 aromatic rings. The van der Waals surface area contributed by atoms with Gasteiger partial charge in [-0.05, 0) is 38.8 Å². The van der Waals surface area contributed by atoms with Gasteiger partial charge in [0.05, 0.1) is 7.11 Å². The molecule has 1 amide bonds. The number of nitrogens with two attached hydrogens (primary N) is 1. The monoisotopic (exact) mass is 306 g/mol. The van der Waals surface area contributed by atoms with Gasteiger partial charge in [0.15, 0.2) is 0 Å². The van der Waals surface area contributed by atoms with Crippen LogP contribution in [0.4, 0.5) is 4.79 Å². The van der Waals surface area contributed by atoms with Crippen molar-refractivity contribution in [1.29, 1.82) is 0 Å². The van der Waals surface area contributed by atoms with Crippen LogP contribution in [-0.2, 0) is 4.74 Å². The van der Waals surface area contributed by atoms with Gasteiger partial charge in [0.25, 0.3) is 0 Å². The molecule has 1 heterocycles. The Bertz CT molecular complexity index is 525. The average Bonchev–Trinajstić information content (AvgIpc) is 2.45. The van der Waals surface area contributed by atoms with Gasteiger partial charge in [-0.15, -0.1) is 0 Å². The quantitative estimate of drug-likeness (QED) is 0.912. The number of carbonyl (C=O) groups excluding carboxylic acids is 1. The summed E-state index contributed by atoms with van der Waals surface area (Å²) < 4.78 is 10.8. The van der Waals surface area contributed by atoms with Gasteiger partial charge in [-0.1, -0.05) is 18.2 Å². The van der Waals surface area contributed by atoms with Crippen LogP contribution in [0.15, 0.2) is 24.3 Å². The van der Waals surface area contributed by atoms with Crippen LogP contribution < -0.4 is 10.5 Å². The number of benzene rings is 1. The summed E-state index contributed by atoms with van der Waals surface area (Å²) in [6.45, 7) is 6.74. The number of piperidine rings is 1. The molecule has 1 aromatic carbocycles. The summed E-state index contributed by atoms with van der Waals surface area (Å²) in [6.07, 6.45) is 0.516. The number of para-hydroxylation sites is 1. The van der Waals surface area contributed by atoms with Gasteiger partial charge in [0, 0.05) is 25.0 Å². The van der Waals surface area contributed by atoms with Gasteiger partial charge in [0.2, 0.25) is 0 Å². The maximum absolute atomic E-state index is 12.1. The van der Waals surface area contributed by atoms with E-state index < -0.39 is 5.60 Å². The minimum Gasteiger partial charge on any atom is -0.496 e. The van der Waals surface area contributed by atoms with E-state index in [2.05, 4.69) is 0 Å². The third-order valence-electron chi connectivity index (χ3n) is 3.85. The molecule has 0 radical (unpaired) electrons. The summed E-state index contributed by atoms with van der Waals surface area (Å²) in [4.78, 5) is 13.8. The third-order valence-corrected chi connectivity index (χ3v) is 3.85. The predicted octanol–water partition coefficient (Wildman–Crippen LogP) is 2.75. The van der Waals surface area contributed by atoms with Gasteiger partial charge in [-0.3, -0.25) is 0 Å². The lowest BCUT2D eigenvalue weighted by molar-refractivity contribution is 0.0186. The summed E-state index contributed by atoms with van der Waals surface area (Å²) in [7, 11) is 1.67. The molecule has 122 valence electrons. The first-order valence-corrected chi connectivity index (χ1v) is 7.68. The number of hydrogen-bond donors (Lipinski definition) is 1.